The molecule has 5 aromatic rings. The van der Waals surface area contributed by atoms with Crippen LogP contribution < -0.4 is 16.8 Å². The highest BCUT2D eigenvalue weighted by atomic mass is 32.2. The van der Waals surface area contributed by atoms with Gasteiger partial charge >= 0.3 is 5.69 Å². The van der Waals surface area contributed by atoms with Crippen LogP contribution in [0.3, 0.4) is 0 Å². The van der Waals surface area contributed by atoms with Crippen molar-refractivity contribution in [2.24, 2.45) is 14.1 Å². The number of rotatable bonds is 7. The van der Waals surface area contributed by atoms with Crippen molar-refractivity contribution in [3.8, 4) is 11.3 Å². The van der Waals surface area contributed by atoms with Gasteiger partial charge in [-0.2, -0.15) is 11.8 Å². The van der Waals surface area contributed by atoms with Crippen LogP contribution in [0.25, 0.3) is 32.7 Å². The Morgan fingerprint density at radius 2 is 2.09 bits per heavy atom. The summed E-state index contributed by atoms with van der Waals surface area (Å²) in [5, 5.41) is 2.34. The van der Waals surface area contributed by atoms with Crippen LogP contribution in [0.5, 0.6) is 0 Å². The van der Waals surface area contributed by atoms with Gasteiger partial charge in [-0.3, -0.25) is 18.7 Å². The Kier molecular flexibility index (Phi) is 5.78. The highest BCUT2D eigenvalue weighted by Crippen LogP contribution is 2.33. The number of furan rings is 1. The monoisotopic (exact) mass is 498 g/mol. The van der Waals surface area contributed by atoms with Crippen molar-refractivity contribution in [1.29, 1.82) is 0 Å². The van der Waals surface area contributed by atoms with Gasteiger partial charge in [-0.1, -0.05) is 0 Å². The van der Waals surface area contributed by atoms with E-state index in [2.05, 4.69) is 15.0 Å². The summed E-state index contributed by atoms with van der Waals surface area (Å²) < 4.78 is 9.72. The SMILES string of the molecule is CC(SCCCn1c(=O)c2c(ncn2C)n(C)c1=O)c1nc2scc(-c3ccco3)c2c(=O)[nH]1. The zero-order valence-corrected chi connectivity index (χ0v) is 20.4. The smallest absolute Gasteiger partial charge is 0.332 e. The molecular weight excluding hydrogens is 476 g/mol. The van der Waals surface area contributed by atoms with Crippen LogP contribution in [-0.4, -0.2) is 34.4 Å². The number of nitrogens with one attached hydrogen (secondary N) is 1. The molecule has 0 radical (unpaired) electrons. The van der Waals surface area contributed by atoms with E-state index in [1.165, 1.54) is 26.8 Å². The Morgan fingerprint density at radius 3 is 2.85 bits per heavy atom. The summed E-state index contributed by atoms with van der Waals surface area (Å²) in [5.41, 5.74) is 0.616. The van der Waals surface area contributed by atoms with Gasteiger partial charge in [-0.15, -0.1) is 11.3 Å². The summed E-state index contributed by atoms with van der Waals surface area (Å²) >= 11 is 3.01. The van der Waals surface area contributed by atoms with E-state index in [0.717, 1.165) is 5.56 Å². The number of aryl methyl sites for hydroxylation is 2. The van der Waals surface area contributed by atoms with Crippen LogP contribution in [0.1, 0.15) is 24.4 Å². The maximum absolute atomic E-state index is 12.8. The van der Waals surface area contributed by atoms with E-state index in [1.54, 1.807) is 42.8 Å². The molecule has 1 unspecified atom stereocenters. The van der Waals surface area contributed by atoms with E-state index in [-0.39, 0.29) is 22.1 Å². The quantitative estimate of drug-likeness (QED) is 0.343. The molecule has 34 heavy (non-hydrogen) atoms. The molecule has 0 spiro atoms. The largest absolute Gasteiger partial charge is 0.464 e. The predicted molar refractivity (Wildman–Crippen MR) is 134 cm³/mol. The van der Waals surface area contributed by atoms with Gasteiger partial charge in [0.05, 0.1) is 23.2 Å². The molecule has 5 aromatic heterocycles. The molecule has 5 rings (SSSR count). The van der Waals surface area contributed by atoms with E-state index in [0.29, 0.717) is 51.7 Å². The Hall–Kier alpha value is -3.38. The summed E-state index contributed by atoms with van der Waals surface area (Å²) in [4.78, 5) is 50.6. The van der Waals surface area contributed by atoms with Crippen molar-refractivity contribution in [2.75, 3.05) is 5.75 Å². The second kappa shape index (κ2) is 8.76. The van der Waals surface area contributed by atoms with Crippen LogP contribution in [0, 0.1) is 0 Å². The lowest BCUT2D eigenvalue weighted by Gasteiger charge is -2.12. The Bertz CT molecular complexity index is 1670. The van der Waals surface area contributed by atoms with Gasteiger partial charge in [-0.25, -0.2) is 14.8 Å². The molecular formula is C22H22N6O4S2. The van der Waals surface area contributed by atoms with Gasteiger partial charge in [0.25, 0.3) is 11.1 Å². The average molecular weight is 499 g/mol. The fraction of sp³-hybridized carbons (Fsp3) is 0.318. The molecule has 0 aliphatic heterocycles. The normalized spacial score (nSPS) is 12.7. The van der Waals surface area contributed by atoms with Gasteiger partial charge in [0, 0.05) is 31.6 Å². The maximum atomic E-state index is 12.8. The van der Waals surface area contributed by atoms with Gasteiger partial charge in [-0.05, 0) is 31.2 Å². The molecule has 1 N–H and O–H groups in total. The molecule has 10 nitrogen and oxygen atoms in total. The molecule has 0 aliphatic carbocycles. The summed E-state index contributed by atoms with van der Waals surface area (Å²) in [7, 11) is 3.35. The summed E-state index contributed by atoms with van der Waals surface area (Å²) in [6, 6.07) is 3.60. The van der Waals surface area contributed by atoms with Crippen molar-refractivity contribution in [3.05, 3.63) is 67.1 Å². The van der Waals surface area contributed by atoms with Crippen LogP contribution >= 0.6 is 23.1 Å². The van der Waals surface area contributed by atoms with E-state index in [1.807, 2.05) is 18.4 Å². The van der Waals surface area contributed by atoms with Gasteiger partial charge < -0.3 is 14.0 Å². The first-order valence-corrected chi connectivity index (χ1v) is 12.6. The van der Waals surface area contributed by atoms with Crippen LogP contribution in [0.15, 0.2) is 48.9 Å². The zero-order valence-electron chi connectivity index (χ0n) is 18.8. The number of hydrogen-bond donors (Lipinski definition) is 1. The van der Waals surface area contributed by atoms with Crippen LogP contribution in [0.2, 0.25) is 0 Å². The van der Waals surface area contributed by atoms with Gasteiger partial charge in [0.15, 0.2) is 11.2 Å². The molecule has 0 aromatic carbocycles. The number of fused-ring (bicyclic) bond motifs is 2. The third-order valence-corrected chi connectivity index (χ3v) is 7.85. The number of hydrogen-bond acceptors (Lipinski definition) is 8. The average Bonchev–Trinajstić information content (AvgIpc) is 3.56. The van der Waals surface area contributed by atoms with E-state index in [4.69, 9.17) is 4.42 Å². The Labute approximate surface area is 200 Å². The number of H-pyrrole nitrogens is 1. The standard InChI is InChI=1S/C22H22N6O4S2/c1-12(17-24-19(29)15-13(10-34-20(15)25-17)14-6-4-8-32-14)33-9-5-7-28-21(30)16-18(23-11-26(16)2)27(3)22(28)31/h4,6,8,10-12H,5,7,9H2,1-3H3,(H,24,25,29). The molecule has 1 atom stereocenters. The van der Waals surface area contributed by atoms with E-state index in [9.17, 15) is 14.4 Å². The van der Waals surface area contributed by atoms with E-state index >= 15 is 0 Å². The van der Waals surface area contributed by atoms with E-state index < -0.39 is 0 Å². The molecule has 0 amide bonds. The first-order chi connectivity index (χ1) is 16.4. The van der Waals surface area contributed by atoms with Crippen molar-refractivity contribution < 1.29 is 4.42 Å². The Balaban J connectivity index is 1.30. The summed E-state index contributed by atoms with van der Waals surface area (Å²) in [5.74, 6) is 1.92. The number of thiophene rings is 1. The second-order valence-electron chi connectivity index (χ2n) is 7.95. The first kappa shape index (κ1) is 22.4. The lowest BCUT2D eigenvalue weighted by atomic mass is 10.2. The summed E-state index contributed by atoms with van der Waals surface area (Å²) in [6.45, 7) is 2.27. The predicted octanol–water partition coefficient (Wildman–Crippen LogP) is 2.88. The third kappa shape index (κ3) is 3.72. The number of thioether (sulfide) groups is 1. The maximum Gasteiger partial charge on any atom is 0.332 e. The highest BCUT2D eigenvalue weighted by molar-refractivity contribution is 7.99. The van der Waals surface area contributed by atoms with Crippen LogP contribution in [-0.2, 0) is 20.6 Å². The lowest BCUT2D eigenvalue weighted by Crippen LogP contribution is -2.39. The molecule has 0 saturated heterocycles. The molecule has 176 valence electrons. The Morgan fingerprint density at radius 1 is 1.26 bits per heavy atom. The minimum atomic E-state index is -0.379. The van der Waals surface area contributed by atoms with Crippen molar-refractivity contribution >= 4 is 44.5 Å². The highest BCUT2D eigenvalue weighted by Gasteiger charge is 2.18. The number of nitrogens with zero attached hydrogens (tertiary/aromatic N) is 5. The molecule has 0 fully saturated rings. The van der Waals surface area contributed by atoms with Crippen molar-refractivity contribution in [2.45, 2.75) is 25.1 Å². The van der Waals surface area contributed by atoms with Crippen molar-refractivity contribution in [3.63, 3.8) is 0 Å². The van der Waals surface area contributed by atoms with Crippen molar-refractivity contribution in [1.82, 2.24) is 28.7 Å². The molecule has 0 bridgehead atoms. The minimum Gasteiger partial charge on any atom is -0.464 e. The summed E-state index contributed by atoms with van der Waals surface area (Å²) in [6.07, 6.45) is 3.72. The second-order valence-corrected chi connectivity index (χ2v) is 10.3. The number of imidazole rings is 1. The fourth-order valence-corrected chi connectivity index (χ4v) is 5.78. The number of aromatic amines is 1. The van der Waals surface area contributed by atoms with Gasteiger partial charge in [0.1, 0.15) is 16.4 Å². The molecule has 5 heterocycles. The number of aromatic nitrogens is 6. The fourth-order valence-electron chi connectivity index (χ4n) is 3.93. The molecule has 0 saturated carbocycles. The minimum absolute atomic E-state index is 0.0645. The first-order valence-electron chi connectivity index (χ1n) is 10.6. The van der Waals surface area contributed by atoms with Crippen LogP contribution in [0.4, 0.5) is 0 Å². The molecule has 12 heteroatoms. The third-order valence-electron chi connectivity index (χ3n) is 5.73. The topological polar surface area (TPSA) is 121 Å². The lowest BCUT2D eigenvalue weighted by molar-refractivity contribution is 0.583. The zero-order chi connectivity index (χ0) is 24.0. The van der Waals surface area contributed by atoms with Gasteiger partial charge in [0.2, 0.25) is 0 Å². The molecule has 0 aliphatic rings.